The van der Waals surface area contributed by atoms with Crippen molar-refractivity contribution < 1.29 is 60.3 Å². The van der Waals surface area contributed by atoms with Crippen molar-refractivity contribution >= 4 is 18.5 Å². The monoisotopic (exact) mass is 401 g/mol. The lowest BCUT2D eigenvalue weighted by Gasteiger charge is -2.25. The third kappa shape index (κ3) is 10.4. The van der Waals surface area contributed by atoms with E-state index in [2.05, 4.69) is 5.32 Å². The van der Waals surface area contributed by atoms with Gasteiger partial charge in [0.15, 0.2) is 6.29 Å². The average molecular weight is 401 g/mol. The van der Waals surface area contributed by atoms with Crippen molar-refractivity contribution in [2.24, 2.45) is 0 Å². The summed E-state index contributed by atoms with van der Waals surface area (Å²) in [5.41, 5.74) is 0. The zero-order valence-electron chi connectivity index (χ0n) is 14.4. The van der Waals surface area contributed by atoms with Crippen molar-refractivity contribution in [2.45, 2.75) is 55.7 Å². The highest BCUT2D eigenvalue weighted by Gasteiger charge is 2.31. The largest absolute Gasteiger partial charge is 0.394 e. The predicted molar refractivity (Wildman–Crippen MR) is 86.0 cm³/mol. The van der Waals surface area contributed by atoms with Crippen LogP contribution in [0.1, 0.15) is 6.92 Å². The summed E-state index contributed by atoms with van der Waals surface area (Å²) < 4.78 is 0. The molecule has 0 unspecified atom stereocenters. The molecule has 0 rings (SSSR count). The second kappa shape index (κ2) is 14.5. The van der Waals surface area contributed by atoms with Gasteiger partial charge >= 0.3 is 0 Å². The van der Waals surface area contributed by atoms with Gasteiger partial charge in [-0.25, -0.2) is 0 Å². The molecule has 10 N–H and O–H groups in total. The van der Waals surface area contributed by atoms with Crippen molar-refractivity contribution in [2.75, 3.05) is 13.2 Å². The van der Waals surface area contributed by atoms with E-state index < -0.39 is 67.9 Å². The fourth-order valence-electron chi connectivity index (χ4n) is 1.60. The number of aldehydes is 2. The molecule has 0 aromatic heterocycles. The van der Waals surface area contributed by atoms with Crippen molar-refractivity contribution in [3.8, 4) is 0 Å². The van der Waals surface area contributed by atoms with E-state index in [4.69, 9.17) is 35.7 Å². The van der Waals surface area contributed by atoms with Gasteiger partial charge in [0.05, 0.1) is 13.2 Å². The first-order chi connectivity index (χ1) is 12.5. The van der Waals surface area contributed by atoms with Crippen LogP contribution >= 0.6 is 0 Å². The highest BCUT2D eigenvalue weighted by Crippen LogP contribution is 2.04. The van der Waals surface area contributed by atoms with E-state index in [1.807, 2.05) is 0 Å². The first-order valence-electron chi connectivity index (χ1n) is 7.64. The van der Waals surface area contributed by atoms with E-state index in [0.29, 0.717) is 0 Å². The number of nitrogens with one attached hydrogen (secondary N) is 1. The van der Waals surface area contributed by atoms with E-state index in [9.17, 15) is 24.6 Å². The lowest BCUT2D eigenvalue weighted by Crippen LogP contribution is -2.53. The Morgan fingerprint density at radius 2 is 1.19 bits per heavy atom. The van der Waals surface area contributed by atoms with Crippen molar-refractivity contribution in [1.29, 1.82) is 0 Å². The smallest absolute Gasteiger partial charge is 0.217 e. The van der Waals surface area contributed by atoms with E-state index >= 15 is 0 Å². The maximum atomic E-state index is 10.6. The van der Waals surface area contributed by atoms with Gasteiger partial charge in [0, 0.05) is 6.92 Å². The molecular weight excluding hydrogens is 374 g/mol. The first-order valence-corrected chi connectivity index (χ1v) is 7.64. The van der Waals surface area contributed by atoms with Crippen LogP contribution in [0.2, 0.25) is 0 Å². The molecule has 0 heterocycles. The molecule has 0 saturated heterocycles. The maximum absolute atomic E-state index is 10.6. The summed E-state index contributed by atoms with van der Waals surface area (Å²) in [7, 11) is 0. The Balaban J connectivity index is 0. The minimum Gasteiger partial charge on any atom is -0.394 e. The van der Waals surface area contributed by atoms with Gasteiger partial charge in [-0.3, -0.25) is 4.79 Å². The Kier molecular flexibility index (Phi) is 14.9. The van der Waals surface area contributed by atoms with Gasteiger partial charge in [-0.05, 0) is 0 Å². The van der Waals surface area contributed by atoms with Crippen LogP contribution in [0.25, 0.3) is 0 Å². The molecule has 0 bridgehead atoms. The molecule has 27 heavy (non-hydrogen) atoms. The number of hydrogen-bond donors (Lipinski definition) is 10. The van der Waals surface area contributed by atoms with Crippen LogP contribution in [0, 0.1) is 0 Å². The summed E-state index contributed by atoms with van der Waals surface area (Å²) >= 11 is 0. The normalized spacial score (nSPS) is 19.8. The standard InChI is InChI=1S/C8H15NO6.C6H12O6/c1-4(12)9-5(2-10)7(14)8(15)6(13)3-11;7-1-3(9)5(11)6(12)4(10)2-8/h2,5-8,11,13-15H,3H2,1H3,(H,9,12);1,3-6,8-12H,2H2/t5-,6+,7+,8+;3-,4+,5+,6+/m00/s1. The zero-order chi connectivity index (χ0) is 21.7. The molecular formula is C14H27NO12. The molecule has 0 aliphatic carbocycles. The van der Waals surface area contributed by atoms with Crippen LogP contribution in [-0.4, -0.2) is 126 Å². The quantitative estimate of drug-likeness (QED) is 0.145. The lowest BCUT2D eigenvalue weighted by molar-refractivity contribution is -0.136. The van der Waals surface area contributed by atoms with Crippen LogP contribution in [0.5, 0.6) is 0 Å². The molecule has 13 nitrogen and oxygen atoms in total. The van der Waals surface area contributed by atoms with Crippen LogP contribution in [0.4, 0.5) is 0 Å². The van der Waals surface area contributed by atoms with Gasteiger partial charge in [-0.15, -0.1) is 0 Å². The molecule has 0 aliphatic heterocycles. The Labute approximate surface area is 154 Å². The summed E-state index contributed by atoms with van der Waals surface area (Å²) in [4.78, 5) is 31.0. The molecule has 0 spiro atoms. The van der Waals surface area contributed by atoms with Gasteiger partial charge in [0.2, 0.25) is 5.91 Å². The SMILES string of the molecule is CC(=O)N[C@@H](C=O)[C@@H](O)[C@H](O)[C@H](O)CO.O=C[C@H](O)[C@@H](O)[C@H](O)[C@H](O)CO. The maximum Gasteiger partial charge on any atom is 0.217 e. The Morgan fingerprint density at radius 1 is 0.778 bits per heavy atom. The van der Waals surface area contributed by atoms with Gasteiger partial charge in [0.25, 0.3) is 0 Å². The number of hydrogen-bond acceptors (Lipinski definition) is 12. The molecule has 0 aromatic rings. The van der Waals surface area contributed by atoms with Crippen molar-refractivity contribution in [3.63, 3.8) is 0 Å². The summed E-state index contributed by atoms with van der Waals surface area (Å²) in [6, 6.07) is -1.32. The number of aliphatic hydroxyl groups is 9. The first kappa shape index (κ1) is 27.7. The van der Waals surface area contributed by atoms with Crippen molar-refractivity contribution in [3.05, 3.63) is 0 Å². The summed E-state index contributed by atoms with van der Waals surface area (Å²) in [5, 5.41) is 81.7. The minimum atomic E-state index is -1.79. The Hall–Kier alpha value is -1.55. The zero-order valence-corrected chi connectivity index (χ0v) is 14.4. The van der Waals surface area contributed by atoms with Gasteiger partial charge in [-0.1, -0.05) is 0 Å². The Bertz CT molecular complexity index is 436. The van der Waals surface area contributed by atoms with Gasteiger partial charge in [0.1, 0.15) is 55.1 Å². The highest BCUT2D eigenvalue weighted by atomic mass is 16.4. The average Bonchev–Trinajstić information content (AvgIpc) is 2.67. The van der Waals surface area contributed by atoms with Crippen LogP contribution in [0.3, 0.4) is 0 Å². The van der Waals surface area contributed by atoms with Crippen LogP contribution < -0.4 is 5.32 Å². The topological polar surface area (TPSA) is 245 Å². The van der Waals surface area contributed by atoms with Gasteiger partial charge < -0.3 is 60.9 Å². The molecule has 0 aromatic carbocycles. The number of amides is 1. The summed E-state index contributed by atoms with van der Waals surface area (Å²) in [6.07, 6.45) is -11.6. The number of carbonyl (C=O) groups excluding carboxylic acids is 3. The molecule has 0 fully saturated rings. The van der Waals surface area contributed by atoms with E-state index in [-0.39, 0.29) is 12.6 Å². The van der Waals surface area contributed by atoms with Crippen molar-refractivity contribution in [1.82, 2.24) is 5.32 Å². The third-order valence-corrected chi connectivity index (χ3v) is 3.24. The molecule has 160 valence electrons. The minimum absolute atomic E-state index is 0.0258. The lowest BCUT2D eigenvalue weighted by atomic mass is 10.0. The van der Waals surface area contributed by atoms with E-state index in [1.54, 1.807) is 0 Å². The summed E-state index contributed by atoms with van der Waals surface area (Å²) in [5.74, 6) is -0.558. The van der Waals surface area contributed by atoms with Gasteiger partial charge in [-0.2, -0.15) is 0 Å². The number of carbonyl (C=O) groups is 3. The molecule has 8 atom stereocenters. The fourth-order valence-corrected chi connectivity index (χ4v) is 1.60. The molecule has 0 radical (unpaired) electrons. The molecule has 1 amide bonds. The molecule has 13 heteroatoms. The predicted octanol–water partition coefficient (Wildman–Crippen LogP) is -6.61. The third-order valence-electron chi connectivity index (χ3n) is 3.24. The molecule has 0 saturated carbocycles. The van der Waals surface area contributed by atoms with E-state index in [0.717, 1.165) is 6.92 Å². The van der Waals surface area contributed by atoms with Crippen LogP contribution in [0.15, 0.2) is 0 Å². The Morgan fingerprint density at radius 3 is 1.48 bits per heavy atom. The number of rotatable bonds is 11. The summed E-state index contributed by atoms with van der Waals surface area (Å²) in [6.45, 7) is -0.383. The second-order valence-corrected chi connectivity index (χ2v) is 5.45. The number of aliphatic hydroxyl groups excluding tert-OH is 9. The second-order valence-electron chi connectivity index (χ2n) is 5.45. The molecule has 0 aliphatic rings. The van der Waals surface area contributed by atoms with E-state index in [1.165, 1.54) is 0 Å². The highest BCUT2D eigenvalue weighted by molar-refractivity contribution is 5.77. The van der Waals surface area contributed by atoms with Crippen LogP contribution in [-0.2, 0) is 14.4 Å². The fraction of sp³-hybridized carbons (Fsp3) is 0.786.